The number of benzene rings is 1. The van der Waals surface area contributed by atoms with Crippen LogP contribution in [0.1, 0.15) is 77.2 Å². The maximum Gasteiger partial charge on any atom is 0.409 e. The van der Waals surface area contributed by atoms with Gasteiger partial charge in [-0.1, -0.05) is 57.0 Å². The van der Waals surface area contributed by atoms with Crippen LogP contribution in [0.2, 0.25) is 0 Å². The second kappa shape index (κ2) is 10.5. The number of esters is 1. The first-order valence-corrected chi connectivity index (χ1v) is 14.3. The molecule has 1 amide bonds. The highest BCUT2D eigenvalue weighted by Gasteiger charge is 2.65. The Morgan fingerprint density at radius 2 is 1.79 bits per heavy atom. The average Bonchev–Trinajstić information content (AvgIpc) is 3.15. The molecule has 0 spiro atoms. The Morgan fingerprint density at radius 3 is 2.55 bits per heavy atom. The fraction of sp³-hybridized carbons (Fsp3) is 0.677. The van der Waals surface area contributed by atoms with Crippen molar-refractivity contribution >= 4 is 23.6 Å². The van der Waals surface area contributed by atoms with Gasteiger partial charge in [0.2, 0.25) is 0 Å². The highest BCUT2D eigenvalue weighted by Crippen LogP contribution is 2.65. The number of hydrogen-bond acceptors (Lipinski definition) is 6. The lowest BCUT2D eigenvalue weighted by Crippen LogP contribution is -2.57. The molecule has 0 radical (unpaired) electrons. The van der Waals surface area contributed by atoms with Crippen molar-refractivity contribution in [2.45, 2.75) is 84.3 Å². The molecule has 5 rings (SSSR count). The number of rotatable bonds is 6. The van der Waals surface area contributed by atoms with Gasteiger partial charge in [0.25, 0.3) is 0 Å². The van der Waals surface area contributed by atoms with E-state index in [4.69, 9.17) is 9.47 Å². The highest BCUT2D eigenvalue weighted by molar-refractivity contribution is 5.89. The maximum absolute atomic E-state index is 13.3. The molecule has 7 nitrogen and oxygen atoms in total. The van der Waals surface area contributed by atoms with E-state index in [0.717, 1.165) is 44.1 Å². The van der Waals surface area contributed by atoms with Crippen molar-refractivity contribution in [2.75, 3.05) is 13.6 Å². The van der Waals surface area contributed by atoms with Gasteiger partial charge < -0.3 is 14.4 Å². The number of nitrogens with zero attached hydrogens (tertiary/aromatic N) is 1. The summed E-state index contributed by atoms with van der Waals surface area (Å²) in [6, 6.07) is 9.42. The van der Waals surface area contributed by atoms with Crippen molar-refractivity contribution in [1.29, 1.82) is 0 Å². The number of hydrogen-bond donors (Lipinski definition) is 0. The summed E-state index contributed by atoms with van der Waals surface area (Å²) in [7, 11) is 1.59. The van der Waals surface area contributed by atoms with Crippen molar-refractivity contribution in [3.8, 4) is 0 Å². The number of Topliss-reactive ketones (excluding diaryl/α,β-unsaturated/α-hetero) is 2. The minimum Gasteiger partial charge on any atom is -0.461 e. The summed E-state index contributed by atoms with van der Waals surface area (Å²) in [6.45, 7) is 4.67. The zero-order chi connectivity index (χ0) is 27.1. The molecule has 4 fully saturated rings. The summed E-state index contributed by atoms with van der Waals surface area (Å²) < 4.78 is 11.3. The van der Waals surface area contributed by atoms with Gasteiger partial charge in [0.05, 0.1) is 6.42 Å². The van der Waals surface area contributed by atoms with Crippen LogP contribution in [0.25, 0.3) is 0 Å². The SMILES string of the molecule is CN(CCC(=O)OC1CC(=O)[C@@]2(C)CC[C@H]3[C@@H](CC(=O)[C@H]4CCCC[C@@]43C)[C@H]12)C(=O)OCc1ccccc1. The molecule has 0 N–H and O–H groups in total. The van der Waals surface area contributed by atoms with Crippen molar-refractivity contribution in [1.82, 2.24) is 4.90 Å². The van der Waals surface area contributed by atoms with Crippen LogP contribution in [-0.2, 0) is 30.5 Å². The molecule has 4 saturated carbocycles. The van der Waals surface area contributed by atoms with Crippen molar-refractivity contribution in [3.05, 3.63) is 35.9 Å². The molecule has 7 atom stereocenters. The van der Waals surface area contributed by atoms with Gasteiger partial charge in [0, 0.05) is 43.7 Å². The zero-order valence-electron chi connectivity index (χ0n) is 22.9. The third kappa shape index (κ3) is 4.77. The molecule has 0 aromatic heterocycles. The lowest BCUT2D eigenvalue weighted by Gasteiger charge is -2.59. The molecule has 38 heavy (non-hydrogen) atoms. The molecule has 7 heteroatoms. The molecule has 0 saturated heterocycles. The van der Waals surface area contributed by atoms with Crippen molar-refractivity contribution in [3.63, 3.8) is 0 Å². The van der Waals surface area contributed by atoms with Crippen LogP contribution < -0.4 is 0 Å². The van der Waals surface area contributed by atoms with Crippen LogP contribution in [0, 0.1) is 34.5 Å². The van der Waals surface area contributed by atoms with E-state index < -0.39 is 23.6 Å². The van der Waals surface area contributed by atoms with Crippen LogP contribution in [0.5, 0.6) is 0 Å². The summed E-state index contributed by atoms with van der Waals surface area (Å²) >= 11 is 0. The van der Waals surface area contributed by atoms with Crippen LogP contribution in [0.15, 0.2) is 30.3 Å². The van der Waals surface area contributed by atoms with Crippen molar-refractivity contribution in [2.24, 2.45) is 34.5 Å². The second-order valence-electron chi connectivity index (χ2n) is 12.6. The van der Waals surface area contributed by atoms with Gasteiger partial charge in [-0.2, -0.15) is 0 Å². The lowest BCUT2D eigenvalue weighted by atomic mass is 9.45. The fourth-order valence-corrected chi connectivity index (χ4v) is 8.43. The summed E-state index contributed by atoms with van der Waals surface area (Å²) in [4.78, 5) is 53.2. The Labute approximate surface area is 225 Å². The summed E-state index contributed by atoms with van der Waals surface area (Å²) in [6.07, 6.45) is 5.86. The molecule has 0 heterocycles. The molecule has 1 unspecified atom stereocenters. The molecule has 4 aliphatic carbocycles. The molecule has 0 aliphatic heterocycles. The van der Waals surface area contributed by atoms with Crippen LogP contribution in [-0.4, -0.2) is 48.2 Å². The molecule has 4 aliphatic rings. The van der Waals surface area contributed by atoms with E-state index in [9.17, 15) is 19.2 Å². The number of fused-ring (bicyclic) bond motifs is 5. The van der Waals surface area contributed by atoms with Crippen LogP contribution in [0.3, 0.4) is 0 Å². The van der Waals surface area contributed by atoms with Crippen LogP contribution in [0.4, 0.5) is 4.79 Å². The van der Waals surface area contributed by atoms with E-state index in [1.165, 1.54) is 4.90 Å². The third-order valence-corrected chi connectivity index (χ3v) is 10.5. The smallest absolute Gasteiger partial charge is 0.409 e. The fourth-order valence-electron chi connectivity index (χ4n) is 8.43. The highest BCUT2D eigenvalue weighted by atomic mass is 16.6. The summed E-state index contributed by atoms with van der Waals surface area (Å²) in [5.74, 6) is 0.580. The second-order valence-corrected chi connectivity index (χ2v) is 12.6. The summed E-state index contributed by atoms with van der Waals surface area (Å²) in [5, 5.41) is 0. The average molecular weight is 524 g/mol. The van der Waals surface area contributed by atoms with Gasteiger partial charge in [-0.25, -0.2) is 4.79 Å². The third-order valence-electron chi connectivity index (χ3n) is 10.5. The first-order chi connectivity index (χ1) is 18.1. The zero-order valence-corrected chi connectivity index (χ0v) is 22.9. The molecule has 206 valence electrons. The first-order valence-electron chi connectivity index (χ1n) is 14.3. The lowest BCUT2D eigenvalue weighted by molar-refractivity contribution is -0.168. The number of carbonyl (C=O) groups excluding carboxylic acids is 4. The van der Waals surface area contributed by atoms with E-state index >= 15 is 0 Å². The van der Waals surface area contributed by atoms with E-state index in [-0.39, 0.29) is 54.9 Å². The van der Waals surface area contributed by atoms with Gasteiger partial charge in [-0.3, -0.25) is 14.4 Å². The van der Waals surface area contributed by atoms with Gasteiger partial charge in [0.15, 0.2) is 0 Å². The summed E-state index contributed by atoms with van der Waals surface area (Å²) in [5.41, 5.74) is 0.341. The van der Waals surface area contributed by atoms with E-state index in [0.29, 0.717) is 18.1 Å². The Balaban J connectivity index is 1.21. The predicted molar refractivity (Wildman–Crippen MR) is 141 cm³/mol. The molecular formula is C31H41NO6. The molecule has 1 aromatic carbocycles. The molecule has 1 aromatic rings. The van der Waals surface area contributed by atoms with Gasteiger partial charge in [-0.05, 0) is 48.5 Å². The number of ether oxygens (including phenoxy) is 2. The Morgan fingerprint density at radius 1 is 1.03 bits per heavy atom. The minimum absolute atomic E-state index is 0.0113. The van der Waals surface area contributed by atoms with Gasteiger partial charge >= 0.3 is 12.1 Å². The van der Waals surface area contributed by atoms with Crippen LogP contribution >= 0.6 is 0 Å². The van der Waals surface area contributed by atoms with Gasteiger partial charge in [-0.15, -0.1) is 0 Å². The van der Waals surface area contributed by atoms with E-state index in [1.54, 1.807) is 7.05 Å². The predicted octanol–water partition coefficient (Wildman–Crippen LogP) is 5.35. The number of amides is 1. The largest absolute Gasteiger partial charge is 0.461 e. The van der Waals surface area contributed by atoms with Crippen molar-refractivity contribution < 1.29 is 28.7 Å². The molecular weight excluding hydrogens is 482 g/mol. The monoisotopic (exact) mass is 523 g/mol. The number of ketones is 2. The normalized spacial score (nSPS) is 36.0. The van der Waals surface area contributed by atoms with E-state index in [2.05, 4.69) is 6.92 Å². The van der Waals surface area contributed by atoms with Gasteiger partial charge in [0.1, 0.15) is 24.3 Å². The Hall–Kier alpha value is -2.70. The molecule has 0 bridgehead atoms. The first kappa shape index (κ1) is 26.9. The topological polar surface area (TPSA) is 90.0 Å². The number of carbonyl (C=O) groups is 4. The standard InChI is InChI=1S/C31H41NO6/c1-30-14-8-7-11-23(30)24(33)17-21-22(30)12-15-31(2)26(34)18-25(28(21)31)38-27(35)13-16-32(3)29(36)37-19-20-9-5-4-6-10-20/h4-6,9-10,21-23,25,28H,7-8,11-19H2,1-3H3/t21-,22+,23-,25?,28-,30-,31-/m1/s1. The minimum atomic E-state index is -0.539. The van der Waals surface area contributed by atoms with E-state index in [1.807, 2.05) is 37.3 Å². The quantitative estimate of drug-likeness (QED) is 0.467. The Kier molecular flexibility index (Phi) is 7.40. The maximum atomic E-state index is 13.3. The Bertz CT molecular complexity index is 1090.